The van der Waals surface area contributed by atoms with Crippen molar-refractivity contribution in [1.29, 1.82) is 0 Å². The van der Waals surface area contributed by atoms with E-state index in [-0.39, 0.29) is 17.7 Å². The average molecular weight is 368 g/mol. The molecule has 1 amide bonds. The van der Waals surface area contributed by atoms with E-state index in [4.69, 9.17) is 0 Å². The summed E-state index contributed by atoms with van der Waals surface area (Å²) in [4.78, 5) is 17.1. The third-order valence-electron chi connectivity index (χ3n) is 5.65. The quantitative estimate of drug-likeness (QED) is 0.779. The van der Waals surface area contributed by atoms with E-state index in [2.05, 4.69) is 6.07 Å². The molecule has 144 valence electrons. The molecule has 1 aromatic rings. The Labute approximate surface area is 153 Å². The second kappa shape index (κ2) is 7.59. The Kier molecular flexibility index (Phi) is 5.61. The SMILES string of the molecule is Cc1cccc(CN2CCCC3(CCN(CCCC(F)(F)F)C3)C2=O)c1. The molecule has 1 aromatic carbocycles. The molecule has 0 bridgehead atoms. The highest BCUT2D eigenvalue weighted by molar-refractivity contribution is 5.84. The van der Waals surface area contributed by atoms with Crippen molar-refractivity contribution in [1.82, 2.24) is 9.80 Å². The number of likely N-dealkylation sites (tertiary alicyclic amines) is 2. The van der Waals surface area contributed by atoms with Crippen LogP contribution in [0.15, 0.2) is 24.3 Å². The van der Waals surface area contributed by atoms with Gasteiger partial charge in [-0.15, -0.1) is 0 Å². The summed E-state index contributed by atoms with van der Waals surface area (Å²) >= 11 is 0. The monoisotopic (exact) mass is 368 g/mol. The predicted octanol–water partition coefficient (Wildman–Crippen LogP) is 4.15. The number of rotatable bonds is 5. The minimum Gasteiger partial charge on any atom is -0.338 e. The van der Waals surface area contributed by atoms with Gasteiger partial charge >= 0.3 is 6.18 Å². The lowest BCUT2D eigenvalue weighted by Crippen LogP contribution is -2.49. The van der Waals surface area contributed by atoms with Gasteiger partial charge in [-0.3, -0.25) is 4.79 Å². The maximum atomic E-state index is 13.1. The molecule has 0 aromatic heterocycles. The molecule has 1 atom stereocenters. The molecular formula is C20H27F3N2O. The van der Waals surface area contributed by atoms with E-state index in [0.29, 0.717) is 19.6 Å². The van der Waals surface area contributed by atoms with Crippen LogP contribution in [0, 0.1) is 12.3 Å². The van der Waals surface area contributed by atoms with Gasteiger partial charge in [-0.05, 0) is 51.3 Å². The van der Waals surface area contributed by atoms with E-state index in [9.17, 15) is 18.0 Å². The Bertz CT molecular complexity index is 646. The number of aryl methyl sites for hydroxylation is 1. The van der Waals surface area contributed by atoms with Gasteiger partial charge in [0.25, 0.3) is 0 Å². The molecule has 0 aliphatic carbocycles. The average Bonchev–Trinajstić information content (AvgIpc) is 2.95. The van der Waals surface area contributed by atoms with E-state index in [1.54, 1.807) is 0 Å². The molecule has 2 fully saturated rings. The molecule has 3 rings (SSSR count). The van der Waals surface area contributed by atoms with Crippen LogP contribution in [0.25, 0.3) is 0 Å². The van der Waals surface area contributed by atoms with Crippen LogP contribution in [0.2, 0.25) is 0 Å². The Morgan fingerprint density at radius 1 is 1.19 bits per heavy atom. The third kappa shape index (κ3) is 4.58. The highest BCUT2D eigenvalue weighted by atomic mass is 19.4. The second-order valence-electron chi connectivity index (χ2n) is 7.84. The van der Waals surface area contributed by atoms with Crippen molar-refractivity contribution in [2.45, 2.75) is 51.7 Å². The summed E-state index contributed by atoms with van der Waals surface area (Å²) in [5, 5.41) is 0. The number of nitrogens with zero attached hydrogens (tertiary/aromatic N) is 2. The van der Waals surface area contributed by atoms with Gasteiger partial charge in [0.1, 0.15) is 0 Å². The van der Waals surface area contributed by atoms with Gasteiger partial charge < -0.3 is 9.80 Å². The minimum atomic E-state index is -4.09. The van der Waals surface area contributed by atoms with Crippen LogP contribution >= 0.6 is 0 Å². The molecule has 2 aliphatic rings. The molecule has 3 nitrogen and oxygen atoms in total. The van der Waals surface area contributed by atoms with Crippen molar-refractivity contribution in [3.63, 3.8) is 0 Å². The largest absolute Gasteiger partial charge is 0.389 e. The zero-order valence-electron chi connectivity index (χ0n) is 15.3. The number of piperidine rings is 1. The number of amides is 1. The molecule has 1 unspecified atom stereocenters. The van der Waals surface area contributed by atoms with Gasteiger partial charge in [0.15, 0.2) is 0 Å². The number of carbonyl (C=O) groups excluding carboxylic acids is 1. The number of carbonyl (C=O) groups is 1. The molecule has 2 heterocycles. The van der Waals surface area contributed by atoms with E-state index in [1.807, 2.05) is 34.9 Å². The van der Waals surface area contributed by atoms with E-state index in [1.165, 1.54) is 5.56 Å². The number of hydrogen-bond acceptors (Lipinski definition) is 2. The Hall–Kier alpha value is -1.56. The summed E-state index contributed by atoms with van der Waals surface area (Å²) in [7, 11) is 0. The number of alkyl halides is 3. The first-order valence-corrected chi connectivity index (χ1v) is 9.41. The first kappa shape index (κ1) is 19.2. The van der Waals surface area contributed by atoms with Gasteiger partial charge in [0, 0.05) is 26.1 Å². The van der Waals surface area contributed by atoms with Crippen LogP contribution in [0.3, 0.4) is 0 Å². The maximum absolute atomic E-state index is 13.1. The zero-order valence-corrected chi connectivity index (χ0v) is 15.3. The van der Waals surface area contributed by atoms with Crippen molar-refractivity contribution < 1.29 is 18.0 Å². The lowest BCUT2D eigenvalue weighted by molar-refractivity contribution is -0.146. The topological polar surface area (TPSA) is 23.6 Å². The summed E-state index contributed by atoms with van der Waals surface area (Å²) in [6.07, 6.45) is -2.14. The lowest BCUT2D eigenvalue weighted by Gasteiger charge is -2.39. The van der Waals surface area contributed by atoms with Crippen molar-refractivity contribution in [2.75, 3.05) is 26.2 Å². The minimum absolute atomic E-state index is 0.112. The summed E-state index contributed by atoms with van der Waals surface area (Å²) in [5.41, 5.74) is 1.93. The highest BCUT2D eigenvalue weighted by Crippen LogP contribution is 2.40. The van der Waals surface area contributed by atoms with Crippen LogP contribution in [0.4, 0.5) is 13.2 Å². The lowest BCUT2D eigenvalue weighted by atomic mass is 9.78. The zero-order chi connectivity index (χ0) is 18.8. The summed E-state index contributed by atoms with van der Waals surface area (Å²) < 4.78 is 37.0. The molecule has 26 heavy (non-hydrogen) atoms. The summed E-state index contributed by atoms with van der Waals surface area (Å²) in [6.45, 7) is 5.18. The summed E-state index contributed by atoms with van der Waals surface area (Å²) in [5.74, 6) is 0.184. The molecule has 2 aliphatic heterocycles. The molecule has 6 heteroatoms. The van der Waals surface area contributed by atoms with Crippen LogP contribution in [-0.4, -0.2) is 48.1 Å². The number of hydrogen-bond donors (Lipinski definition) is 0. The normalized spacial score (nSPS) is 24.6. The Balaban J connectivity index is 1.59. The summed E-state index contributed by atoms with van der Waals surface area (Å²) in [6, 6.07) is 8.19. The highest BCUT2D eigenvalue weighted by Gasteiger charge is 2.48. The van der Waals surface area contributed by atoms with E-state index in [0.717, 1.165) is 37.9 Å². The first-order valence-electron chi connectivity index (χ1n) is 9.41. The van der Waals surface area contributed by atoms with Crippen molar-refractivity contribution in [2.24, 2.45) is 5.41 Å². The van der Waals surface area contributed by atoms with Crippen LogP contribution < -0.4 is 0 Å². The fourth-order valence-electron chi connectivity index (χ4n) is 4.36. The maximum Gasteiger partial charge on any atom is 0.389 e. The van der Waals surface area contributed by atoms with Gasteiger partial charge in [-0.1, -0.05) is 29.8 Å². The second-order valence-corrected chi connectivity index (χ2v) is 7.84. The van der Waals surface area contributed by atoms with E-state index >= 15 is 0 Å². The molecule has 2 saturated heterocycles. The van der Waals surface area contributed by atoms with Gasteiger partial charge in [-0.2, -0.15) is 13.2 Å². The van der Waals surface area contributed by atoms with E-state index < -0.39 is 12.6 Å². The molecule has 1 spiro atoms. The van der Waals surface area contributed by atoms with Gasteiger partial charge in [-0.25, -0.2) is 0 Å². The van der Waals surface area contributed by atoms with Crippen molar-refractivity contribution >= 4 is 5.91 Å². The van der Waals surface area contributed by atoms with Crippen LogP contribution in [0.1, 0.15) is 43.2 Å². The van der Waals surface area contributed by atoms with Gasteiger partial charge in [0.05, 0.1) is 5.41 Å². The fourth-order valence-corrected chi connectivity index (χ4v) is 4.36. The predicted molar refractivity (Wildman–Crippen MR) is 94.6 cm³/mol. The Morgan fingerprint density at radius 3 is 2.73 bits per heavy atom. The molecule has 0 saturated carbocycles. The fraction of sp³-hybridized carbons (Fsp3) is 0.650. The first-order chi connectivity index (χ1) is 12.3. The smallest absolute Gasteiger partial charge is 0.338 e. The number of benzene rings is 1. The van der Waals surface area contributed by atoms with Crippen molar-refractivity contribution in [3.8, 4) is 0 Å². The van der Waals surface area contributed by atoms with Crippen LogP contribution in [0.5, 0.6) is 0 Å². The Morgan fingerprint density at radius 2 is 2.00 bits per heavy atom. The standard InChI is InChI=1S/C20H27F3N2O/c1-16-5-2-6-17(13-16)14-25-11-3-7-19(18(25)26)9-12-24(15-19)10-4-8-20(21,22)23/h2,5-6,13H,3-4,7-12,14-15H2,1H3. The molecule has 0 radical (unpaired) electrons. The third-order valence-corrected chi connectivity index (χ3v) is 5.65. The molecule has 0 N–H and O–H groups in total. The molecular weight excluding hydrogens is 341 g/mol. The van der Waals surface area contributed by atoms with Crippen LogP contribution in [-0.2, 0) is 11.3 Å². The van der Waals surface area contributed by atoms with Crippen molar-refractivity contribution in [3.05, 3.63) is 35.4 Å². The van der Waals surface area contributed by atoms with Gasteiger partial charge in [0.2, 0.25) is 5.91 Å². The number of halogens is 3.